The maximum atomic E-state index is 12.6. The zero-order valence-corrected chi connectivity index (χ0v) is 15.2. The van der Waals surface area contributed by atoms with E-state index in [0.717, 1.165) is 5.56 Å². The van der Waals surface area contributed by atoms with E-state index in [-0.39, 0.29) is 29.5 Å². The molecule has 1 aromatic heterocycles. The third-order valence-electron chi connectivity index (χ3n) is 5.34. The van der Waals surface area contributed by atoms with E-state index in [1.807, 2.05) is 36.1 Å². The summed E-state index contributed by atoms with van der Waals surface area (Å²) in [5.41, 5.74) is 2.78. The molecule has 2 aliphatic rings. The first-order chi connectivity index (χ1) is 13.0. The van der Waals surface area contributed by atoms with Crippen LogP contribution in [0.15, 0.2) is 42.6 Å². The molecule has 138 valence electrons. The number of nitrogens with zero attached hydrogens (tertiary/aromatic N) is 3. The Morgan fingerprint density at radius 1 is 1.07 bits per heavy atom. The minimum atomic E-state index is -0.319. The number of carbonyl (C=O) groups excluding carboxylic acids is 3. The van der Waals surface area contributed by atoms with Gasteiger partial charge in [0.05, 0.1) is 12.0 Å². The summed E-state index contributed by atoms with van der Waals surface area (Å²) < 4.78 is 0. The summed E-state index contributed by atoms with van der Waals surface area (Å²) >= 11 is 0. The minimum absolute atomic E-state index is 0.0846. The molecule has 1 aromatic carbocycles. The standard InChI is InChI=1S/C21H21N3O3/c1-14-4-6-15(7-5-14)13-18(25)23-11-8-16(9-12-23)24-20(26)17-3-2-10-22-19(17)21(24)27/h2-7,10,16H,8-9,11-13H2,1H3. The number of aromatic nitrogens is 1. The first-order valence-corrected chi connectivity index (χ1v) is 9.21. The summed E-state index contributed by atoms with van der Waals surface area (Å²) in [4.78, 5) is 44.9. The van der Waals surface area contributed by atoms with E-state index in [1.54, 1.807) is 12.1 Å². The van der Waals surface area contributed by atoms with Gasteiger partial charge in [-0.3, -0.25) is 24.3 Å². The number of piperidine rings is 1. The van der Waals surface area contributed by atoms with Gasteiger partial charge in [-0.05, 0) is 37.5 Å². The molecule has 0 atom stereocenters. The van der Waals surface area contributed by atoms with E-state index in [1.165, 1.54) is 16.7 Å². The molecule has 6 heteroatoms. The number of rotatable bonds is 3. The molecule has 1 saturated heterocycles. The molecule has 27 heavy (non-hydrogen) atoms. The fraction of sp³-hybridized carbons (Fsp3) is 0.333. The molecule has 0 N–H and O–H groups in total. The van der Waals surface area contributed by atoms with Crippen molar-refractivity contribution in [1.82, 2.24) is 14.8 Å². The number of likely N-dealkylation sites (tertiary alicyclic amines) is 1. The quantitative estimate of drug-likeness (QED) is 0.784. The fourth-order valence-electron chi connectivity index (χ4n) is 3.78. The van der Waals surface area contributed by atoms with Crippen LogP contribution in [0.3, 0.4) is 0 Å². The van der Waals surface area contributed by atoms with E-state index in [4.69, 9.17) is 0 Å². The number of aryl methyl sites for hydroxylation is 1. The normalized spacial score (nSPS) is 17.4. The van der Waals surface area contributed by atoms with Crippen molar-refractivity contribution < 1.29 is 14.4 Å². The van der Waals surface area contributed by atoms with Crippen LogP contribution in [-0.4, -0.2) is 51.6 Å². The first-order valence-electron chi connectivity index (χ1n) is 9.21. The third kappa shape index (κ3) is 3.23. The highest BCUT2D eigenvalue weighted by Crippen LogP contribution is 2.27. The highest BCUT2D eigenvalue weighted by atomic mass is 16.2. The van der Waals surface area contributed by atoms with Gasteiger partial charge in [0.2, 0.25) is 5.91 Å². The van der Waals surface area contributed by atoms with Gasteiger partial charge in [0.15, 0.2) is 0 Å². The maximum Gasteiger partial charge on any atom is 0.280 e. The average Bonchev–Trinajstić information content (AvgIpc) is 2.95. The summed E-state index contributed by atoms with van der Waals surface area (Å²) in [6, 6.07) is 11.1. The molecular weight excluding hydrogens is 342 g/mol. The number of carbonyl (C=O) groups is 3. The molecule has 2 aliphatic heterocycles. The summed E-state index contributed by atoms with van der Waals surface area (Å²) in [6.07, 6.45) is 3.11. The second-order valence-electron chi connectivity index (χ2n) is 7.15. The highest BCUT2D eigenvalue weighted by molar-refractivity contribution is 6.20. The van der Waals surface area contributed by atoms with Crippen LogP contribution in [0.1, 0.15) is 44.8 Å². The average molecular weight is 363 g/mol. The van der Waals surface area contributed by atoms with Crippen molar-refractivity contribution in [3.63, 3.8) is 0 Å². The molecule has 6 nitrogen and oxygen atoms in total. The molecule has 2 aromatic rings. The Morgan fingerprint density at radius 2 is 1.78 bits per heavy atom. The van der Waals surface area contributed by atoms with Crippen LogP contribution >= 0.6 is 0 Å². The number of pyridine rings is 1. The number of fused-ring (bicyclic) bond motifs is 1. The van der Waals surface area contributed by atoms with Crippen molar-refractivity contribution in [1.29, 1.82) is 0 Å². The van der Waals surface area contributed by atoms with Gasteiger partial charge >= 0.3 is 0 Å². The largest absolute Gasteiger partial charge is 0.342 e. The maximum absolute atomic E-state index is 12.6. The second-order valence-corrected chi connectivity index (χ2v) is 7.15. The third-order valence-corrected chi connectivity index (χ3v) is 5.34. The summed E-state index contributed by atoms with van der Waals surface area (Å²) in [6.45, 7) is 3.12. The van der Waals surface area contributed by atoms with Crippen LogP contribution in [-0.2, 0) is 11.2 Å². The van der Waals surface area contributed by atoms with E-state index in [9.17, 15) is 14.4 Å². The number of amides is 3. The molecule has 0 aliphatic carbocycles. The van der Waals surface area contributed by atoms with Gasteiger partial charge in [-0.1, -0.05) is 29.8 Å². The molecule has 3 amide bonds. The molecule has 3 heterocycles. The van der Waals surface area contributed by atoms with Crippen molar-refractivity contribution in [3.8, 4) is 0 Å². The van der Waals surface area contributed by atoms with Crippen LogP contribution in [0.5, 0.6) is 0 Å². The number of hydrogen-bond acceptors (Lipinski definition) is 4. The van der Waals surface area contributed by atoms with Crippen LogP contribution < -0.4 is 0 Å². The zero-order chi connectivity index (χ0) is 19.0. The topological polar surface area (TPSA) is 70.6 Å². The molecule has 0 bridgehead atoms. The molecule has 0 spiro atoms. The Hall–Kier alpha value is -3.02. The molecule has 0 saturated carbocycles. The SMILES string of the molecule is Cc1ccc(CC(=O)N2CCC(N3C(=O)c4cccnc4C3=O)CC2)cc1. The Kier molecular flexibility index (Phi) is 4.48. The van der Waals surface area contributed by atoms with Crippen molar-refractivity contribution in [2.75, 3.05) is 13.1 Å². The molecule has 0 unspecified atom stereocenters. The van der Waals surface area contributed by atoms with Crippen molar-refractivity contribution >= 4 is 17.7 Å². The van der Waals surface area contributed by atoms with Crippen LogP contribution in [0.2, 0.25) is 0 Å². The predicted molar refractivity (Wildman–Crippen MR) is 99.2 cm³/mol. The molecular formula is C21H21N3O3. The van der Waals surface area contributed by atoms with Gasteiger partial charge in [0.25, 0.3) is 11.8 Å². The molecule has 1 fully saturated rings. The Bertz CT molecular complexity index is 864. The zero-order valence-electron chi connectivity index (χ0n) is 15.2. The van der Waals surface area contributed by atoms with Gasteiger partial charge in [-0.25, -0.2) is 0 Å². The lowest BCUT2D eigenvalue weighted by Crippen LogP contribution is -2.49. The van der Waals surface area contributed by atoms with E-state index in [2.05, 4.69) is 4.98 Å². The van der Waals surface area contributed by atoms with Crippen molar-refractivity contribution in [3.05, 3.63) is 65.0 Å². The van der Waals surface area contributed by atoms with Gasteiger partial charge in [-0.15, -0.1) is 0 Å². The van der Waals surface area contributed by atoms with Gasteiger partial charge in [0.1, 0.15) is 5.69 Å². The van der Waals surface area contributed by atoms with Crippen molar-refractivity contribution in [2.45, 2.75) is 32.2 Å². The van der Waals surface area contributed by atoms with Crippen LogP contribution in [0, 0.1) is 6.92 Å². The lowest BCUT2D eigenvalue weighted by Gasteiger charge is -2.35. The Labute approximate surface area is 157 Å². The monoisotopic (exact) mass is 363 g/mol. The highest BCUT2D eigenvalue weighted by Gasteiger charge is 2.42. The first kappa shape index (κ1) is 17.4. The predicted octanol–water partition coefficient (Wildman–Crippen LogP) is 2.22. The van der Waals surface area contributed by atoms with E-state index >= 15 is 0 Å². The Morgan fingerprint density at radius 3 is 2.44 bits per heavy atom. The van der Waals surface area contributed by atoms with Crippen molar-refractivity contribution in [2.24, 2.45) is 0 Å². The molecule has 4 rings (SSSR count). The number of benzene rings is 1. The van der Waals surface area contributed by atoms with Gasteiger partial charge in [-0.2, -0.15) is 0 Å². The lowest BCUT2D eigenvalue weighted by atomic mass is 10.0. The van der Waals surface area contributed by atoms with Crippen LogP contribution in [0.25, 0.3) is 0 Å². The van der Waals surface area contributed by atoms with Gasteiger partial charge in [0, 0.05) is 25.3 Å². The second kappa shape index (κ2) is 6.95. The Balaban J connectivity index is 1.38. The van der Waals surface area contributed by atoms with E-state index < -0.39 is 0 Å². The van der Waals surface area contributed by atoms with E-state index in [0.29, 0.717) is 37.9 Å². The summed E-state index contributed by atoms with van der Waals surface area (Å²) in [5, 5.41) is 0. The smallest absolute Gasteiger partial charge is 0.280 e. The summed E-state index contributed by atoms with van der Waals surface area (Å²) in [7, 11) is 0. The minimum Gasteiger partial charge on any atom is -0.342 e. The van der Waals surface area contributed by atoms with Gasteiger partial charge < -0.3 is 4.90 Å². The fourth-order valence-corrected chi connectivity index (χ4v) is 3.78. The summed E-state index contributed by atoms with van der Waals surface area (Å²) in [5.74, 6) is -0.506. The van der Waals surface area contributed by atoms with Crippen LogP contribution in [0.4, 0.5) is 0 Å². The number of imide groups is 1. The number of hydrogen-bond donors (Lipinski definition) is 0. The molecule has 0 radical (unpaired) electrons. The lowest BCUT2D eigenvalue weighted by molar-refractivity contribution is -0.131.